The molecule has 0 bridgehead atoms. The molecular weight excluding hydrogens is 232 g/mol. The van der Waals surface area contributed by atoms with E-state index in [1.807, 2.05) is 0 Å². The maximum Gasteiger partial charge on any atom is 0.341 e. The SMILES string of the molecule is O=C(O)c1coc(Br)c1C(=O)O. The fourth-order valence-electron chi connectivity index (χ4n) is 0.691. The third kappa shape index (κ3) is 1.33. The van der Waals surface area contributed by atoms with E-state index in [-0.39, 0.29) is 15.8 Å². The van der Waals surface area contributed by atoms with Gasteiger partial charge in [-0.25, -0.2) is 9.59 Å². The lowest BCUT2D eigenvalue weighted by Crippen LogP contribution is -2.04. The van der Waals surface area contributed by atoms with E-state index in [1.165, 1.54) is 0 Å². The predicted molar refractivity (Wildman–Crippen MR) is 40.3 cm³/mol. The average molecular weight is 235 g/mol. The maximum absolute atomic E-state index is 10.5. The van der Waals surface area contributed by atoms with Crippen molar-refractivity contribution in [2.24, 2.45) is 0 Å². The molecule has 6 heteroatoms. The van der Waals surface area contributed by atoms with Gasteiger partial charge >= 0.3 is 11.9 Å². The number of aromatic carboxylic acids is 2. The van der Waals surface area contributed by atoms with Gasteiger partial charge in [0.05, 0.1) is 0 Å². The largest absolute Gasteiger partial charge is 0.478 e. The summed E-state index contributed by atoms with van der Waals surface area (Å²) < 4.78 is 4.48. The summed E-state index contributed by atoms with van der Waals surface area (Å²) in [5.41, 5.74) is -0.739. The molecule has 0 atom stereocenters. The first-order valence-electron chi connectivity index (χ1n) is 2.77. The monoisotopic (exact) mass is 234 g/mol. The second-order valence-corrected chi connectivity index (χ2v) is 2.63. The molecule has 1 aromatic rings. The lowest BCUT2D eigenvalue weighted by atomic mass is 10.2. The Bertz CT molecular complexity index is 340. The molecule has 0 fully saturated rings. The van der Waals surface area contributed by atoms with Crippen LogP contribution in [0.4, 0.5) is 0 Å². The Labute approximate surface area is 74.7 Å². The summed E-state index contributed by atoms with van der Waals surface area (Å²) in [7, 11) is 0. The second-order valence-electron chi connectivity index (χ2n) is 1.91. The summed E-state index contributed by atoms with van der Waals surface area (Å²) in [5.74, 6) is -2.67. The molecule has 0 aliphatic carbocycles. The Morgan fingerprint density at radius 3 is 2.25 bits per heavy atom. The Morgan fingerprint density at radius 1 is 1.33 bits per heavy atom. The minimum atomic E-state index is -1.34. The van der Waals surface area contributed by atoms with E-state index in [9.17, 15) is 9.59 Å². The van der Waals surface area contributed by atoms with Crippen LogP contribution in [0.15, 0.2) is 15.3 Å². The molecule has 2 N–H and O–H groups in total. The normalized spacial score (nSPS) is 9.75. The first-order valence-corrected chi connectivity index (χ1v) is 3.57. The van der Waals surface area contributed by atoms with E-state index in [2.05, 4.69) is 20.3 Å². The fourth-order valence-corrected chi connectivity index (χ4v) is 1.17. The van der Waals surface area contributed by atoms with Crippen LogP contribution in [0.3, 0.4) is 0 Å². The van der Waals surface area contributed by atoms with Gasteiger partial charge in [-0.05, 0) is 15.9 Å². The number of hydrogen-bond donors (Lipinski definition) is 2. The van der Waals surface area contributed by atoms with Crippen LogP contribution in [0, 0.1) is 0 Å². The molecule has 1 heterocycles. The highest BCUT2D eigenvalue weighted by atomic mass is 79.9. The molecule has 0 amide bonds. The van der Waals surface area contributed by atoms with Gasteiger partial charge in [-0.15, -0.1) is 0 Å². The lowest BCUT2D eigenvalue weighted by molar-refractivity contribution is 0.0652. The van der Waals surface area contributed by atoms with Crippen molar-refractivity contribution in [3.05, 3.63) is 22.1 Å². The number of carboxylic acids is 2. The fraction of sp³-hybridized carbons (Fsp3) is 0. The van der Waals surface area contributed by atoms with Crippen molar-refractivity contribution in [2.75, 3.05) is 0 Å². The first kappa shape index (κ1) is 8.79. The Morgan fingerprint density at radius 2 is 1.92 bits per heavy atom. The summed E-state index contributed by atoms with van der Waals surface area (Å²) in [4.78, 5) is 20.9. The van der Waals surface area contributed by atoms with Crippen molar-refractivity contribution < 1.29 is 24.2 Å². The third-order valence-corrected chi connectivity index (χ3v) is 1.77. The zero-order valence-electron chi connectivity index (χ0n) is 5.57. The van der Waals surface area contributed by atoms with Crippen LogP contribution in [0.5, 0.6) is 0 Å². The molecule has 0 aromatic carbocycles. The number of rotatable bonds is 2. The molecule has 1 aromatic heterocycles. The van der Waals surface area contributed by atoms with Crippen molar-refractivity contribution in [2.45, 2.75) is 0 Å². The standard InChI is InChI=1S/C6H3BrO5/c7-4-3(6(10)11)2(1-12-4)5(8)9/h1H,(H,8,9)(H,10,11). The van der Waals surface area contributed by atoms with Gasteiger partial charge in [-0.3, -0.25) is 0 Å². The molecular formula is C6H3BrO5. The number of hydrogen-bond acceptors (Lipinski definition) is 3. The van der Waals surface area contributed by atoms with Crippen molar-refractivity contribution in [3.63, 3.8) is 0 Å². The van der Waals surface area contributed by atoms with E-state index in [4.69, 9.17) is 10.2 Å². The van der Waals surface area contributed by atoms with Crippen molar-refractivity contribution in [3.8, 4) is 0 Å². The Hall–Kier alpha value is -1.30. The van der Waals surface area contributed by atoms with E-state index < -0.39 is 11.9 Å². The summed E-state index contributed by atoms with van der Waals surface area (Å²) in [6.07, 6.45) is 0.871. The van der Waals surface area contributed by atoms with Crippen LogP contribution in [0.2, 0.25) is 0 Å². The minimum absolute atomic E-state index is 0.0904. The number of halogens is 1. The van der Waals surface area contributed by atoms with E-state index >= 15 is 0 Å². The van der Waals surface area contributed by atoms with Crippen molar-refractivity contribution in [1.29, 1.82) is 0 Å². The molecule has 0 spiro atoms. The van der Waals surface area contributed by atoms with Crippen LogP contribution in [-0.4, -0.2) is 22.2 Å². The molecule has 0 saturated heterocycles. The molecule has 5 nitrogen and oxygen atoms in total. The molecule has 0 unspecified atom stereocenters. The summed E-state index contributed by atoms with van der Waals surface area (Å²) in [6, 6.07) is 0. The maximum atomic E-state index is 10.5. The van der Waals surface area contributed by atoms with Crippen LogP contribution < -0.4 is 0 Å². The molecule has 0 radical (unpaired) electrons. The highest BCUT2D eigenvalue weighted by Gasteiger charge is 2.22. The van der Waals surface area contributed by atoms with Gasteiger partial charge in [0.25, 0.3) is 0 Å². The average Bonchev–Trinajstić information content (AvgIpc) is 2.30. The van der Waals surface area contributed by atoms with Crippen LogP contribution in [0.1, 0.15) is 20.7 Å². The Kier molecular flexibility index (Phi) is 2.18. The lowest BCUT2D eigenvalue weighted by Gasteiger charge is -1.90. The Balaban J connectivity index is 3.31. The third-order valence-electron chi connectivity index (χ3n) is 1.19. The topological polar surface area (TPSA) is 87.7 Å². The van der Waals surface area contributed by atoms with E-state index in [0.717, 1.165) is 6.26 Å². The quantitative estimate of drug-likeness (QED) is 0.809. The van der Waals surface area contributed by atoms with Gasteiger partial charge in [0.1, 0.15) is 17.4 Å². The number of furan rings is 1. The molecule has 0 saturated carbocycles. The molecule has 0 aliphatic rings. The van der Waals surface area contributed by atoms with E-state index in [1.54, 1.807) is 0 Å². The highest BCUT2D eigenvalue weighted by molar-refractivity contribution is 9.10. The van der Waals surface area contributed by atoms with Crippen LogP contribution in [-0.2, 0) is 0 Å². The van der Waals surface area contributed by atoms with Crippen molar-refractivity contribution in [1.82, 2.24) is 0 Å². The number of carboxylic acid groups (broad SMARTS) is 2. The smallest absolute Gasteiger partial charge is 0.341 e. The van der Waals surface area contributed by atoms with E-state index in [0.29, 0.717) is 0 Å². The molecule has 1 rings (SSSR count). The minimum Gasteiger partial charge on any atom is -0.478 e. The van der Waals surface area contributed by atoms with Gasteiger partial charge in [0, 0.05) is 0 Å². The highest BCUT2D eigenvalue weighted by Crippen LogP contribution is 2.22. The molecule has 64 valence electrons. The van der Waals surface area contributed by atoms with Crippen LogP contribution >= 0.6 is 15.9 Å². The van der Waals surface area contributed by atoms with Gasteiger partial charge in [0.2, 0.25) is 0 Å². The van der Waals surface area contributed by atoms with Crippen LogP contribution in [0.25, 0.3) is 0 Å². The summed E-state index contributed by atoms with van der Waals surface area (Å²) in [6.45, 7) is 0. The van der Waals surface area contributed by atoms with Gasteiger partial charge in [-0.1, -0.05) is 0 Å². The molecule has 12 heavy (non-hydrogen) atoms. The predicted octanol–water partition coefficient (Wildman–Crippen LogP) is 1.44. The summed E-state index contributed by atoms with van der Waals surface area (Å²) in [5, 5.41) is 17.0. The molecule has 0 aliphatic heterocycles. The number of carbonyl (C=O) groups is 2. The second kappa shape index (κ2) is 2.98. The summed E-state index contributed by atoms with van der Waals surface area (Å²) >= 11 is 2.78. The first-order chi connectivity index (χ1) is 5.54. The zero-order valence-corrected chi connectivity index (χ0v) is 7.16. The van der Waals surface area contributed by atoms with Crippen molar-refractivity contribution >= 4 is 27.9 Å². The van der Waals surface area contributed by atoms with Gasteiger partial charge < -0.3 is 14.6 Å². The van der Waals surface area contributed by atoms with Gasteiger partial charge in [0.15, 0.2) is 4.67 Å². The zero-order chi connectivity index (χ0) is 9.30. The van der Waals surface area contributed by atoms with Gasteiger partial charge in [-0.2, -0.15) is 0 Å².